The van der Waals surface area contributed by atoms with Gasteiger partial charge in [-0.25, -0.2) is 4.79 Å². The van der Waals surface area contributed by atoms with E-state index in [2.05, 4.69) is 34.9 Å². The predicted molar refractivity (Wildman–Crippen MR) is 88.4 cm³/mol. The van der Waals surface area contributed by atoms with Gasteiger partial charge < -0.3 is 10.6 Å². The molecule has 0 saturated carbocycles. The highest BCUT2D eigenvalue weighted by Crippen LogP contribution is 2.29. The lowest BCUT2D eigenvalue weighted by Crippen LogP contribution is -2.30. The molecule has 2 aromatic carbocycles. The molecule has 0 fully saturated rings. The Bertz CT molecular complexity index is 606. The SMILES string of the molecule is Cc1ccc(CCNC(=O)Nc2c(Cl)cccc2Cl)cc1. The number of carbonyl (C=O) groups excluding carboxylic acids is 1. The van der Waals surface area contributed by atoms with Crippen LogP contribution in [0.2, 0.25) is 10.0 Å². The molecule has 2 amide bonds. The molecular formula is C16H16Cl2N2O. The van der Waals surface area contributed by atoms with E-state index in [-0.39, 0.29) is 6.03 Å². The van der Waals surface area contributed by atoms with Crippen molar-refractivity contribution < 1.29 is 4.79 Å². The number of benzene rings is 2. The highest BCUT2D eigenvalue weighted by molar-refractivity contribution is 6.39. The Balaban J connectivity index is 1.84. The van der Waals surface area contributed by atoms with E-state index in [1.165, 1.54) is 11.1 Å². The first kappa shape index (κ1) is 15.7. The maximum Gasteiger partial charge on any atom is 0.319 e. The number of urea groups is 1. The van der Waals surface area contributed by atoms with Gasteiger partial charge in [0.1, 0.15) is 0 Å². The van der Waals surface area contributed by atoms with Crippen molar-refractivity contribution in [2.75, 3.05) is 11.9 Å². The number of anilines is 1. The van der Waals surface area contributed by atoms with E-state index in [0.717, 1.165) is 6.42 Å². The highest BCUT2D eigenvalue weighted by Gasteiger charge is 2.08. The van der Waals surface area contributed by atoms with Crippen LogP contribution in [0, 0.1) is 6.92 Å². The predicted octanol–water partition coefficient (Wildman–Crippen LogP) is 4.67. The summed E-state index contributed by atoms with van der Waals surface area (Å²) in [5, 5.41) is 6.27. The minimum Gasteiger partial charge on any atom is -0.338 e. The third-order valence-corrected chi connectivity index (χ3v) is 3.65. The van der Waals surface area contributed by atoms with Gasteiger partial charge in [-0.05, 0) is 31.0 Å². The quantitative estimate of drug-likeness (QED) is 0.844. The summed E-state index contributed by atoms with van der Waals surface area (Å²) in [7, 11) is 0. The van der Waals surface area contributed by atoms with Crippen LogP contribution < -0.4 is 10.6 Å². The number of para-hydroxylation sites is 1. The third-order valence-electron chi connectivity index (χ3n) is 3.02. The zero-order valence-electron chi connectivity index (χ0n) is 11.6. The van der Waals surface area contributed by atoms with Crippen LogP contribution >= 0.6 is 23.2 Å². The molecule has 0 aliphatic rings. The van der Waals surface area contributed by atoms with Gasteiger partial charge in [-0.15, -0.1) is 0 Å². The standard InChI is InChI=1S/C16H16Cl2N2O/c1-11-5-7-12(8-6-11)9-10-19-16(21)20-15-13(17)3-2-4-14(15)18/h2-8H,9-10H2,1H3,(H2,19,20,21). The Labute approximate surface area is 134 Å². The number of amides is 2. The molecule has 0 aromatic heterocycles. The molecule has 0 unspecified atom stereocenters. The maximum absolute atomic E-state index is 11.8. The average Bonchev–Trinajstić information content (AvgIpc) is 2.45. The summed E-state index contributed by atoms with van der Waals surface area (Å²) in [6, 6.07) is 13.0. The Morgan fingerprint density at radius 1 is 1.05 bits per heavy atom. The first-order valence-electron chi connectivity index (χ1n) is 6.60. The molecule has 0 aliphatic carbocycles. The molecule has 2 aromatic rings. The molecule has 5 heteroatoms. The number of hydrogen-bond acceptors (Lipinski definition) is 1. The van der Waals surface area contributed by atoms with Crippen LogP contribution in [0.15, 0.2) is 42.5 Å². The molecule has 0 aliphatic heterocycles. The lowest BCUT2D eigenvalue weighted by Gasteiger charge is -2.10. The van der Waals surface area contributed by atoms with Crippen molar-refractivity contribution in [2.45, 2.75) is 13.3 Å². The molecule has 2 N–H and O–H groups in total. The number of nitrogens with one attached hydrogen (secondary N) is 2. The third kappa shape index (κ3) is 4.66. The summed E-state index contributed by atoms with van der Waals surface area (Å²) in [5.41, 5.74) is 2.82. The first-order valence-corrected chi connectivity index (χ1v) is 7.36. The minimum atomic E-state index is -0.322. The van der Waals surface area contributed by atoms with E-state index in [0.29, 0.717) is 22.3 Å². The molecule has 110 valence electrons. The van der Waals surface area contributed by atoms with Gasteiger partial charge in [0, 0.05) is 6.54 Å². The monoisotopic (exact) mass is 322 g/mol. The Hall–Kier alpha value is -1.71. The first-order chi connectivity index (χ1) is 10.1. The summed E-state index contributed by atoms with van der Waals surface area (Å²) in [5.74, 6) is 0. The van der Waals surface area contributed by atoms with Crippen LogP contribution in [0.1, 0.15) is 11.1 Å². The van der Waals surface area contributed by atoms with E-state index in [1.807, 2.05) is 6.92 Å². The average molecular weight is 323 g/mol. The van der Waals surface area contributed by atoms with Gasteiger partial charge in [-0.3, -0.25) is 0 Å². The second kappa shape index (κ2) is 7.34. The van der Waals surface area contributed by atoms with E-state index in [1.54, 1.807) is 18.2 Å². The topological polar surface area (TPSA) is 41.1 Å². The van der Waals surface area contributed by atoms with Crippen LogP contribution in [-0.4, -0.2) is 12.6 Å². The Morgan fingerprint density at radius 3 is 2.29 bits per heavy atom. The van der Waals surface area contributed by atoms with Crippen molar-refractivity contribution in [2.24, 2.45) is 0 Å². The summed E-state index contributed by atoms with van der Waals surface area (Å²) in [6.07, 6.45) is 0.768. The van der Waals surface area contributed by atoms with Gasteiger partial charge in [0.25, 0.3) is 0 Å². The number of hydrogen-bond donors (Lipinski definition) is 2. The molecule has 0 bridgehead atoms. The molecule has 2 rings (SSSR count). The van der Waals surface area contributed by atoms with Gasteiger partial charge in [0.05, 0.1) is 15.7 Å². The molecule has 0 heterocycles. The zero-order valence-corrected chi connectivity index (χ0v) is 13.1. The van der Waals surface area contributed by atoms with Crippen molar-refractivity contribution in [3.63, 3.8) is 0 Å². The van der Waals surface area contributed by atoms with E-state index in [4.69, 9.17) is 23.2 Å². The van der Waals surface area contributed by atoms with Gasteiger partial charge in [0.15, 0.2) is 0 Å². The largest absolute Gasteiger partial charge is 0.338 e. The van der Waals surface area contributed by atoms with Gasteiger partial charge in [0.2, 0.25) is 0 Å². The second-order valence-corrected chi connectivity index (χ2v) is 5.53. The number of aryl methyl sites for hydroxylation is 1. The lowest BCUT2D eigenvalue weighted by atomic mass is 10.1. The Morgan fingerprint density at radius 2 is 1.67 bits per heavy atom. The molecule has 0 spiro atoms. The van der Waals surface area contributed by atoms with Crippen LogP contribution in [0.5, 0.6) is 0 Å². The molecule has 0 radical (unpaired) electrons. The summed E-state index contributed by atoms with van der Waals surface area (Å²) in [6.45, 7) is 2.58. The fourth-order valence-electron chi connectivity index (χ4n) is 1.85. The van der Waals surface area contributed by atoms with E-state index >= 15 is 0 Å². The molecule has 21 heavy (non-hydrogen) atoms. The molecule has 0 saturated heterocycles. The van der Waals surface area contributed by atoms with Crippen LogP contribution in [0.3, 0.4) is 0 Å². The number of halogens is 2. The van der Waals surface area contributed by atoms with E-state index in [9.17, 15) is 4.79 Å². The van der Waals surface area contributed by atoms with Crippen molar-refractivity contribution in [3.8, 4) is 0 Å². The number of rotatable bonds is 4. The number of carbonyl (C=O) groups is 1. The van der Waals surface area contributed by atoms with Crippen molar-refractivity contribution in [1.82, 2.24) is 5.32 Å². The highest BCUT2D eigenvalue weighted by atomic mass is 35.5. The zero-order chi connectivity index (χ0) is 15.2. The fourth-order valence-corrected chi connectivity index (χ4v) is 2.34. The van der Waals surface area contributed by atoms with Crippen molar-refractivity contribution in [1.29, 1.82) is 0 Å². The molecule has 0 atom stereocenters. The normalized spacial score (nSPS) is 10.2. The van der Waals surface area contributed by atoms with Gasteiger partial charge in [-0.2, -0.15) is 0 Å². The van der Waals surface area contributed by atoms with Gasteiger partial charge >= 0.3 is 6.03 Å². The molecular weight excluding hydrogens is 307 g/mol. The minimum absolute atomic E-state index is 0.322. The molecule has 3 nitrogen and oxygen atoms in total. The van der Waals surface area contributed by atoms with E-state index < -0.39 is 0 Å². The van der Waals surface area contributed by atoms with Crippen LogP contribution in [-0.2, 0) is 6.42 Å². The summed E-state index contributed by atoms with van der Waals surface area (Å²) < 4.78 is 0. The summed E-state index contributed by atoms with van der Waals surface area (Å²) in [4.78, 5) is 11.8. The Kier molecular flexibility index (Phi) is 5.48. The van der Waals surface area contributed by atoms with Crippen LogP contribution in [0.4, 0.5) is 10.5 Å². The lowest BCUT2D eigenvalue weighted by molar-refractivity contribution is 0.252. The fraction of sp³-hybridized carbons (Fsp3) is 0.188. The summed E-state index contributed by atoms with van der Waals surface area (Å²) >= 11 is 12.0. The van der Waals surface area contributed by atoms with Crippen molar-refractivity contribution >= 4 is 34.9 Å². The van der Waals surface area contributed by atoms with Crippen LogP contribution in [0.25, 0.3) is 0 Å². The maximum atomic E-state index is 11.8. The second-order valence-electron chi connectivity index (χ2n) is 4.71. The van der Waals surface area contributed by atoms with Crippen molar-refractivity contribution in [3.05, 3.63) is 63.6 Å². The smallest absolute Gasteiger partial charge is 0.319 e. The van der Waals surface area contributed by atoms with Gasteiger partial charge in [-0.1, -0.05) is 59.1 Å².